The summed E-state index contributed by atoms with van der Waals surface area (Å²) in [6, 6.07) is -1.54. The molecule has 4 atom stereocenters. The zero-order valence-electron chi connectivity index (χ0n) is 34.8. The van der Waals surface area contributed by atoms with Crippen molar-refractivity contribution in [2.45, 2.75) is 167 Å². The first kappa shape index (κ1) is 53.9. The van der Waals surface area contributed by atoms with E-state index in [0.717, 1.165) is 57.8 Å². The Bertz CT molecular complexity index is 1260. The quantitative estimate of drug-likeness (QED) is 0.0152. The van der Waals surface area contributed by atoms with Crippen LogP contribution < -0.4 is 5.73 Å². The molecule has 0 fully saturated rings. The zero-order chi connectivity index (χ0) is 42.2. The number of allylic oxidation sites excluding steroid dienone is 10. The van der Waals surface area contributed by atoms with E-state index in [9.17, 15) is 28.9 Å². The first-order chi connectivity index (χ1) is 27.5. The first-order valence-corrected chi connectivity index (χ1v) is 22.6. The van der Waals surface area contributed by atoms with Gasteiger partial charge in [-0.2, -0.15) is 0 Å². The maximum atomic E-state index is 12.6. The first-order valence-electron chi connectivity index (χ1n) is 21.1. The minimum absolute atomic E-state index is 0.100. The third-order valence-electron chi connectivity index (χ3n) is 8.52. The number of esters is 2. The van der Waals surface area contributed by atoms with Gasteiger partial charge in [0.15, 0.2) is 6.10 Å². The summed E-state index contributed by atoms with van der Waals surface area (Å²) in [6.07, 6.45) is 41.6. The van der Waals surface area contributed by atoms with Crippen molar-refractivity contribution in [2.24, 2.45) is 5.73 Å². The molecule has 0 radical (unpaired) electrons. The molecule has 0 rings (SSSR count). The van der Waals surface area contributed by atoms with Crippen LogP contribution in [0.2, 0.25) is 0 Å². The van der Waals surface area contributed by atoms with Crippen LogP contribution in [0.1, 0.15) is 149 Å². The number of unbranched alkanes of at least 4 members (excludes halogenated alkanes) is 12. The zero-order valence-corrected chi connectivity index (χ0v) is 35.7. The summed E-state index contributed by atoms with van der Waals surface area (Å²) in [6.45, 7) is 2.48. The van der Waals surface area contributed by atoms with Gasteiger partial charge in [0.25, 0.3) is 0 Å². The number of carboxylic acids is 1. The van der Waals surface area contributed by atoms with Crippen molar-refractivity contribution in [2.75, 3.05) is 19.8 Å². The Morgan fingerprint density at radius 3 is 1.86 bits per heavy atom. The third-order valence-corrected chi connectivity index (χ3v) is 9.47. The summed E-state index contributed by atoms with van der Waals surface area (Å²) in [5.41, 5.74) is 5.32. The Hall–Kier alpha value is -3.12. The Kier molecular flexibility index (Phi) is 36.3. The van der Waals surface area contributed by atoms with Crippen molar-refractivity contribution < 1.29 is 52.6 Å². The van der Waals surface area contributed by atoms with E-state index in [1.54, 1.807) is 6.08 Å². The highest BCUT2D eigenvalue weighted by Gasteiger charge is 2.28. The molecule has 0 bridgehead atoms. The van der Waals surface area contributed by atoms with Crippen molar-refractivity contribution in [1.82, 2.24) is 0 Å². The molecule has 0 aromatic rings. The molecule has 0 spiro atoms. The number of ether oxygens (including phenoxy) is 2. The third kappa shape index (κ3) is 38.2. The normalized spacial score (nSPS) is 15.0. The molecule has 13 heteroatoms. The molecule has 5 N–H and O–H groups in total. The average molecular weight is 824 g/mol. The Morgan fingerprint density at radius 2 is 1.21 bits per heavy atom. The predicted octanol–water partition coefficient (Wildman–Crippen LogP) is 9.92. The highest BCUT2D eigenvalue weighted by Crippen LogP contribution is 2.43. The van der Waals surface area contributed by atoms with Gasteiger partial charge in [-0.25, -0.2) is 4.57 Å². The molecular weight excluding hydrogens is 749 g/mol. The van der Waals surface area contributed by atoms with Gasteiger partial charge in [-0.05, 0) is 70.6 Å². The summed E-state index contributed by atoms with van der Waals surface area (Å²) >= 11 is 0. The van der Waals surface area contributed by atoms with E-state index in [4.69, 9.17) is 24.8 Å². The van der Waals surface area contributed by atoms with Crippen LogP contribution in [0.25, 0.3) is 0 Å². The highest BCUT2D eigenvalue weighted by atomic mass is 31.2. The number of carboxylic acid groups (broad SMARTS) is 1. The summed E-state index contributed by atoms with van der Waals surface area (Å²) in [5.74, 6) is -2.52. The van der Waals surface area contributed by atoms with Gasteiger partial charge in [0.2, 0.25) is 0 Å². The number of aliphatic carboxylic acids is 1. The molecule has 326 valence electrons. The number of aliphatic hydroxyl groups is 1. The van der Waals surface area contributed by atoms with Gasteiger partial charge < -0.3 is 30.3 Å². The van der Waals surface area contributed by atoms with Crippen molar-refractivity contribution in [1.29, 1.82) is 0 Å². The monoisotopic (exact) mass is 823 g/mol. The molecule has 0 aliphatic heterocycles. The van der Waals surface area contributed by atoms with E-state index < -0.39 is 63.8 Å². The summed E-state index contributed by atoms with van der Waals surface area (Å²) in [7, 11) is -4.75. The number of carbonyl (C=O) groups excluding carboxylic acids is 2. The molecule has 0 aliphatic rings. The van der Waals surface area contributed by atoms with E-state index >= 15 is 0 Å². The molecular formula is C44H74NO11P. The molecule has 12 nitrogen and oxygen atoms in total. The number of rotatable bonds is 38. The van der Waals surface area contributed by atoms with E-state index in [1.165, 1.54) is 38.5 Å². The fourth-order valence-electron chi connectivity index (χ4n) is 5.17. The number of hydrogen-bond donors (Lipinski definition) is 4. The van der Waals surface area contributed by atoms with Crippen molar-refractivity contribution in [3.8, 4) is 0 Å². The highest BCUT2D eigenvalue weighted by molar-refractivity contribution is 7.47. The predicted molar refractivity (Wildman–Crippen MR) is 227 cm³/mol. The summed E-state index contributed by atoms with van der Waals surface area (Å²) < 4.78 is 32.5. The van der Waals surface area contributed by atoms with Crippen LogP contribution in [0.15, 0.2) is 72.9 Å². The van der Waals surface area contributed by atoms with Gasteiger partial charge in [-0.1, -0.05) is 138 Å². The smallest absolute Gasteiger partial charge is 0.472 e. The lowest BCUT2D eigenvalue weighted by atomic mass is 10.1. The second kappa shape index (κ2) is 38.4. The SMILES string of the molecule is CC/C=C/CC(O)/C=C/C=C/CCCCCCCC(=O)O[C@H](COC(=O)CCC/C=C\C/C=C\C/C=C\CCCCCCCC)COP(=O)(O)OC[C@H](N)C(=O)O. The molecule has 0 saturated carbocycles. The fraction of sp³-hybridized carbons (Fsp3) is 0.659. The van der Waals surface area contributed by atoms with Crippen LogP contribution in [-0.2, 0) is 37.5 Å². The van der Waals surface area contributed by atoms with E-state index in [-0.39, 0.29) is 12.8 Å². The van der Waals surface area contributed by atoms with Crippen molar-refractivity contribution in [3.63, 3.8) is 0 Å². The van der Waals surface area contributed by atoms with Crippen molar-refractivity contribution >= 4 is 25.7 Å². The Labute approximate surface area is 343 Å². The number of carbonyl (C=O) groups is 3. The number of hydrogen-bond acceptors (Lipinski definition) is 10. The number of phosphoric ester groups is 1. The molecule has 57 heavy (non-hydrogen) atoms. The van der Waals surface area contributed by atoms with Crippen molar-refractivity contribution in [3.05, 3.63) is 72.9 Å². The molecule has 2 unspecified atom stereocenters. The van der Waals surface area contributed by atoms with Crippen LogP contribution in [-0.4, -0.2) is 71.1 Å². The van der Waals surface area contributed by atoms with Crippen LogP contribution in [0.3, 0.4) is 0 Å². The van der Waals surface area contributed by atoms with Crippen LogP contribution in [0, 0.1) is 0 Å². The standard InChI is InChI=1S/C44H74NO11P/c1-3-5-7-8-9-10-11-12-13-14-15-16-17-20-23-26-30-34-42(47)53-36-40(37-54-57(51,52)55-38-41(45)44(49)50)56-43(48)35-31-27-24-21-18-19-22-25-29-33-39(46)32-28-6-4-2/h6,12-13,15-16,20,22-23,25,28-29,33,39-41,46H,3-5,7-11,14,17-19,21,24,26-27,30-32,34-38,45H2,1-2H3,(H,49,50)(H,51,52)/b13-12-,16-15-,23-20-,25-22+,28-6+,33-29+/t39?,40-,41+/m1/s1. The van der Waals surface area contributed by atoms with Gasteiger partial charge in [-0.3, -0.25) is 23.4 Å². The minimum atomic E-state index is -4.75. The molecule has 0 amide bonds. The maximum Gasteiger partial charge on any atom is 0.472 e. The number of nitrogens with two attached hydrogens (primary N) is 1. The minimum Gasteiger partial charge on any atom is -0.480 e. The van der Waals surface area contributed by atoms with Gasteiger partial charge in [0.05, 0.1) is 19.3 Å². The molecule has 0 aliphatic carbocycles. The number of aliphatic hydroxyl groups excluding tert-OH is 1. The van der Waals surface area contributed by atoms with E-state index in [1.807, 2.05) is 36.5 Å². The molecule has 0 heterocycles. The lowest BCUT2D eigenvalue weighted by molar-refractivity contribution is -0.161. The second-order valence-electron chi connectivity index (χ2n) is 13.9. The lowest BCUT2D eigenvalue weighted by Gasteiger charge is -2.20. The fourth-order valence-corrected chi connectivity index (χ4v) is 5.95. The molecule has 0 aromatic heterocycles. The molecule has 0 aromatic carbocycles. The largest absolute Gasteiger partial charge is 0.480 e. The van der Waals surface area contributed by atoms with E-state index in [0.29, 0.717) is 25.7 Å². The van der Waals surface area contributed by atoms with Gasteiger partial charge in [0.1, 0.15) is 12.6 Å². The van der Waals surface area contributed by atoms with Crippen LogP contribution >= 0.6 is 7.82 Å². The van der Waals surface area contributed by atoms with Gasteiger partial charge in [-0.15, -0.1) is 0 Å². The molecule has 0 saturated heterocycles. The lowest BCUT2D eigenvalue weighted by Crippen LogP contribution is -2.34. The van der Waals surface area contributed by atoms with Crippen LogP contribution in [0.5, 0.6) is 0 Å². The van der Waals surface area contributed by atoms with Gasteiger partial charge >= 0.3 is 25.7 Å². The topological polar surface area (TPSA) is 192 Å². The average Bonchev–Trinajstić information content (AvgIpc) is 3.18. The summed E-state index contributed by atoms with van der Waals surface area (Å²) in [5, 5.41) is 18.7. The van der Waals surface area contributed by atoms with E-state index in [2.05, 4.69) is 48.8 Å². The number of phosphoric acid groups is 1. The Balaban J connectivity index is 4.55. The second-order valence-corrected chi connectivity index (χ2v) is 15.4. The van der Waals surface area contributed by atoms with Gasteiger partial charge in [0, 0.05) is 12.8 Å². The summed E-state index contributed by atoms with van der Waals surface area (Å²) in [4.78, 5) is 45.9. The Morgan fingerprint density at radius 1 is 0.649 bits per heavy atom. The maximum absolute atomic E-state index is 12.6. The van der Waals surface area contributed by atoms with Crippen LogP contribution in [0.4, 0.5) is 0 Å².